The number of ether oxygens (including phenoxy) is 2. The normalized spacial score (nSPS) is 24.4. The molecular weight excluding hydrogens is 463 g/mol. The maximum Gasteiger partial charge on any atom is 0.453 e. The Labute approximate surface area is 148 Å². The average Bonchev–Trinajstić information content (AvgIpc) is 2.40. The minimum Gasteiger partial charge on any atom is -0.482 e. The van der Waals surface area contributed by atoms with Crippen molar-refractivity contribution in [3.05, 3.63) is 23.9 Å². The molecule has 0 aliphatic carbocycles. The Morgan fingerprint density at radius 3 is 1.59 bits per heavy atom. The molecule has 0 radical (unpaired) electrons. The fourth-order valence-electron chi connectivity index (χ4n) is 1.64. The average molecular weight is 467 g/mol. The van der Waals surface area contributed by atoms with Crippen LogP contribution in [-0.4, -0.2) is 48.2 Å². The first-order valence-corrected chi connectivity index (χ1v) is 6.44. The Bertz CT molecular complexity index is 649. The highest BCUT2D eigenvalue weighted by molar-refractivity contribution is 5.13. The topological polar surface area (TPSA) is 21.7 Å². The Balaban J connectivity index is 3.54. The summed E-state index contributed by atoms with van der Waals surface area (Å²) in [5.41, 5.74) is 0. The SMILES string of the molecule is F/C(=C(/OC/C=C/C(F)(F)F)C(F)(F)F)N1C(F)(F)C(F)(F)OC(F)(F)C1(F)F. The van der Waals surface area contributed by atoms with Crippen LogP contribution in [0.5, 0.6) is 0 Å². The molecule has 0 bridgehead atoms. The van der Waals surface area contributed by atoms with Gasteiger partial charge in [0.05, 0.1) is 0 Å². The van der Waals surface area contributed by atoms with E-state index in [9.17, 15) is 65.9 Å². The van der Waals surface area contributed by atoms with Crippen LogP contribution < -0.4 is 0 Å². The quantitative estimate of drug-likeness (QED) is 0.235. The van der Waals surface area contributed by atoms with Crippen LogP contribution in [0.15, 0.2) is 23.9 Å². The van der Waals surface area contributed by atoms with E-state index in [0.29, 0.717) is 0 Å². The second-order valence-corrected chi connectivity index (χ2v) is 4.93. The van der Waals surface area contributed by atoms with E-state index in [-0.39, 0.29) is 6.08 Å². The number of rotatable bonds is 4. The molecule has 0 saturated carbocycles. The number of allylic oxidation sites excluding steroid dienone is 2. The molecule has 3 nitrogen and oxygen atoms in total. The van der Waals surface area contributed by atoms with Gasteiger partial charge >= 0.3 is 36.7 Å². The molecule has 1 aliphatic heterocycles. The molecular formula is C11H4F15NO2. The lowest BCUT2D eigenvalue weighted by Crippen LogP contribution is -2.73. The number of nitrogens with zero attached hydrogens (tertiary/aromatic N) is 1. The molecule has 1 fully saturated rings. The van der Waals surface area contributed by atoms with E-state index in [1.54, 1.807) is 0 Å². The lowest BCUT2D eigenvalue weighted by atomic mass is 10.2. The van der Waals surface area contributed by atoms with Gasteiger partial charge in [-0.1, -0.05) is 0 Å². The van der Waals surface area contributed by atoms with Crippen molar-refractivity contribution in [2.45, 2.75) is 36.7 Å². The fourth-order valence-corrected chi connectivity index (χ4v) is 1.64. The number of morpholine rings is 1. The highest BCUT2D eigenvalue weighted by atomic mass is 19.4. The van der Waals surface area contributed by atoms with Crippen LogP contribution in [0.25, 0.3) is 0 Å². The highest BCUT2D eigenvalue weighted by Crippen LogP contribution is 2.57. The number of hydrogen-bond donors (Lipinski definition) is 0. The predicted octanol–water partition coefficient (Wildman–Crippen LogP) is 5.53. The van der Waals surface area contributed by atoms with Crippen molar-refractivity contribution in [1.29, 1.82) is 0 Å². The third-order valence-electron chi connectivity index (χ3n) is 2.79. The maximum absolute atomic E-state index is 13.8. The zero-order valence-electron chi connectivity index (χ0n) is 12.8. The van der Waals surface area contributed by atoms with Gasteiger partial charge in [-0.2, -0.15) is 65.9 Å². The molecule has 0 N–H and O–H groups in total. The molecule has 0 atom stereocenters. The minimum absolute atomic E-state index is 0.322. The summed E-state index contributed by atoms with van der Waals surface area (Å²) in [6, 6.07) is -13.7. The van der Waals surface area contributed by atoms with E-state index >= 15 is 0 Å². The minimum atomic E-state index is -6.83. The summed E-state index contributed by atoms with van der Waals surface area (Å²) < 4.78 is 198. The summed E-state index contributed by atoms with van der Waals surface area (Å²) >= 11 is 0. The molecule has 0 aromatic rings. The van der Waals surface area contributed by atoms with Gasteiger partial charge in [0.15, 0.2) is 0 Å². The van der Waals surface area contributed by atoms with Crippen LogP contribution in [0, 0.1) is 0 Å². The van der Waals surface area contributed by atoms with E-state index in [4.69, 9.17) is 0 Å². The molecule has 0 aromatic carbocycles. The monoisotopic (exact) mass is 467 g/mol. The van der Waals surface area contributed by atoms with Crippen LogP contribution >= 0.6 is 0 Å². The lowest BCUT2D eigenvalue weighted by Gasteiger charge is -2.47. The summed E-state index contributed by atoms with van der Waals surface area (Å²) in [5, 5.41) is 0. The van der Waals surface area contributed by atoms with Crippen LogP contribution in [0.4, 0.5) is 65.9 Å². The Morgan fingerprint density at radius 1 is 0.828 bits per heavy atom. The third-order valence-corrected chi connectivity index (χ3v) is 2.79. The fraction of sp³-hybridized carbons (Fsp3) is 0.636. The summed E-state index contributed by atoms with van der Waals surface area (Å²) in [6.07, 6.45) is -26.0. The molecule has 0 unspecified atom stereocenters. The summed E-state index contributed by atoms with van der Waals surface area (Å²) in [6.45, 7) is -1.96. The first kappa shape index (κ1) is 25.0. The van der Waals surface area contributed by atoms with Crippen molar-refractivity contribution in [1.82, 2.24) is 4.90 Å². The molecule has 0 spiro atoms. The number of hydrogen-bond acceptors (Lipinski definition) is 3. The Kier molecular flexibility index (Phi) is 6.08. The first-order chi connectivity index (χ1) is 12.6. The van der Waals surface area contributed by atoms with Crippen molar-refractivity contribution in [2.24, 2.45) is 0 Å². The van der Waals surface area contributed by atoms with Crippen LogP contribution in [-0.2, 0) is 9.47 Å². The number of halogens is 15. The predicted molar refractivity (Wildman–Crippen MR) is 58.0 cm³/mol. The highest BCUT2D eigenvalue weighted by Gasteiger charge is 2.84. The number of alkyl halides is 14. The van der Waals surface area contributed by atoms with Crippen molar-refractivity contribution >= 4 is 0 Å². The molecule has 1 saturated heterocycles. The van der Waals surface area contributed by atoms with Crippen molar-refractivity contribution in [3.63, 3.8) is 0 Å². The smallest absolute Gasteiger partial charge is 0.453 e. The van der Waals surface area contributed by atoms with Gasteiger partial charge < -0.3 is 4.74 Å². The van der Waals surface area contributed by atoms with Gasteiger partial charge in [-0.3, -0.25) is 0 Å². The maximum atomic E-state index is 13.8. The van der Waals surface area contributed by atoms with Gasteiger partial charge in [-0.05, 0) is 6.08 Å². The van der Waals surface area contributed by atoms with E-state index < -0.39 is 66.0 Å². The molecule has 170 valence electrons. The van der Waals surface area contributed by atoms with Gasteiger partial charge in [0.25, 0.3) is 5.76 Å². The summed E-state index contributed by atoms with van der Waals surface area (Å²) in [5.74, 6) is -7.78. The zero-order valence-corrected chi connectivity index (χ0v) is 12.8. The van der Waals surface area contributed by atoms with E-state index in [2.05, 4.69) is 4.74 Å². The zero-order chi connectivity index (χ0) is 23.3. The summed E-state index contributed by atoms with van der Waals surface area (Å²) in [7, 11) is 0. The largest absolute Gasteiger partial charge is 0.482 e. The van der Waals surface area contributed by atoms with Crippen molar-refractivity contribution in [3.8, 4) is 0 Å². The van der Waals surface area contributed by atoms with Gasteiger partial charge in [-0.15, -0.1) is 0 Å². The molecule has 1 aliphatic rings. The van der Waals surface area contributed by atoms with Crippen LogP contribution in [0.3, 0.4) is 0 Å². The van der Waals surface area contributed by atoms with Crippen molar-refractivity contribution < 1.29 is 75.3 Å². The van der Waals surface area contributed by atoms with Gasteiger partial charge in [0.2, 0.25) is 5.95 Å². The van der Waals surface area contributed by atoms with E-state index in [1.165, 1.54) is 0 Å². The van der Waals surface area contributed by atoms with E-state index in [0.717, 1.165) is 0 Å². The lowest BCUT2D eigenvalue weighted by molar-refractivity contribution is -0.559. The second kappa shape index (κ2) is 7.05. The Morgan fingerprint density at radius 2 is 1.24 bits per heavy atom. The molecule has 18 heteroatoms. The van der Waals surface area contributed by atoms with Crippen LogP contribution in [0.2, 0.25) is 0 Å². The standard InChI is InChI=1S/C11H4F15NO2/c12-5(4(7(16,17)18)28-3-1-2-6(13,14)15)27-8(19,20)10(23,24)29-11(25,26)9(27,21)22/h1-2H,3H2/b2-1+,5-4-. The summed E-state index contributed by atoms with van der Waals surface area (Å²) in [4.78, 5) is -3.22. The molecule has 0 amide bonds. The molecule has 29 heavy (non-hydrogen) atoms. The van der Waals surface area contributed by atoms with Gasteiger partial charge in [0.1, 0.15) is 6.61 Å². The molecule has 0 aromatic heterocycles. The molecule has 1 heterocycles. The van der Waals surface area contributed by atoms with Gasteiger partial charge in [0, 0.05) is 6.08 Å². The second-order valence-electron chi connectivity index (χ2n) is 4.93. The third kappa shape index (κ3) is 4.77. The Hall–Kier alpha value is -2.01. The van der Waals surface area contributed by atoms with Crippen molar-refractivity contribution in [2.75, 3.05) is 6.61 Å². The van der Waals surface area contributed by atoms with Crippen LogP contribution in [0.1, 0.15) is 0 Å². The van der Waals surface area contributed by atoms with Gasteiger partial charge in [-0.25, -0.2) is 9.64 Å². The molecule has 1 rings (SSSR count). The first-order valence-electron chi connectivity index (χ1n) is 6.44. The van der Waals surface area contributed by atoms with E-state index in [1.807, 2.05) is 4.74 Å².